The second kappa shape index (κ2) is 5.02. The van der Waals surface area contributed by atoms with E-state index in [2.05, 4.69) is 12.1 Å². The molecule has 2 aromatic carbocycles. The van der Waals surface area contributed by atoms with Gasteiger partial charge in [0.2, 0.25) is 0 Å². The standard InChI is InChI=1S/C16H16O3/c1-18-14-7-6-11-4-2-3-5-13(11)16(14)15-10-12(17)8-9-19-15/h2-7,15H,8-10H2,1H3. The van der Waals surface area contributed by atoms with E-state index in [0.29, 0.717) is 19.4 Å². The molecule has 0 bridgehead atoms. The number of benzene rings is 2. The fourth-order valence-corrected chi connectivity index (χ4v) is 2.65. The molecular formula is C16H16O3. The number of Topliss-reactive ketones (excluding diaryl/α,β-unsaturated/α-hetero) is 1. The van der Waals surface area contributed by atoms with E-state index in [-0.39, 0.29) is 11.9 Å². The third-order valence-electron chi connectivity index (χ3n) is 3.59. The SMILES string of the molecule is COc1ccc2ccccc2c1C1CC(=O)CCO1. The first kappa shape index (κ1) is 12.2. The fraction of sp³-hybridized carbons (Fsp3) is 0.312. The first-order valence-corrected chi connectivity index (χ1v) is 6.48. The Hall–Kier alpha value is -1.87. The minimum atomic E-state index is -0.192. The Morgan fingerprint density at radius 3 is 2.84 bits per heavy atom. The molecule has 0 aromatic heterocycles. The van der Waals surface area contributed by atoms with Crippen LogP contribution in [0.1, 0.15) is 24.5 Å². The highest BCUT2D eigenvalue weighted by Crippen LogP contribution is 2.38. The lowest BCUT2D eigenvalue weighted by Gasteiger charge is -2.25. The van der Waals surface area contributed by atoms with E-state index in [1.54, 1.807) is 7.11 Å². The molecule has 1 saturated heterocycles. The van der Waals surface area contributed by atoms with Gasteiger partial charge in [-0.3, -0.25) is 4.79 Å². The molecular weight excluding hydrogens is 240 g/mol. The average Bonchev–Trinajstić information content (AvgIpc) is 2.46. The van der Waals surface area contributed by atoms with Gasteiger partial charge in [-0.05, 0) is 16.8 Å². The fourth-order valence-electron chi connectivity index (χ4n) is 2.65. The molecule has 1 aliphatic heterocycles. The van der Waals surface area contributed by atoms with Gasteiger partial charge in [0.15, 0.2) is 0 Å². The topological polar surface area (TPSA) is 35.5 Å². The zero-order valence-corrected chi connectivity index (χ0v) is 10.9. The molecule has 1 heterocycles. The number of ketones is 1. The maximum Gasteiger partial charge on any atom is 0.138 e. The summed E-state index contributed by atoms with van der Waals surface area (Å²) >= 11 is 0. The number of fused-ring (bicyclic) bond motifs is 1. The van der Waals surface area contributed by atoms with Crippen LogP contribution in [0.2, 0.25) is 0 Å². The Balaban J connectivity index is 2.16. The van der Waals surface area contributed by atoms with Gasteiger partial charge < -0.3 is 9.47 Å². The summed E-state index contributed by atoms with van der Waals surface area (Å²) in [7, 11) is 1.65. The van der Waals surface area contributed by atoms with Crippen LogP contribution in [0.25, 0.3) is 10.8 Å². The smallest absolute Gasteiger partial charge is 0.138 e. The summed E-state index contributed by atoms with van der Waals surface area (Å²) in [5.74, 6) is 1.05. The van der Waals surface area contributed by atoms with E-state index >= 15 is 0 Å². The molecule has 1 atom stereocenters. The largest absolute Gasteiger partial charge is 0.496 e. The van der Waals surface area contributed by atoms with Crippen LogP contribution in [-0.2, 0) is 9.53 Å². The number of methoxy groups -OCH3 is 1. The number of hydrogen-bond donors (Lipinski definition) is 0. The highest BCUT2D eigenvalue weighted by atomic mass is 16.5. The second-order valence-corrected chi connectivity index (χ2v) is 4.75. The lowest BCUT2D eigenvalue weighted by atomic mass is 9.94. The molecule has 3 heteroatoms. The van der Waals surface area contributed by atoms with Gasteiger partial charge >= 0.3 is 0 Å². The predicted octanol–water partition coefficient (Wildman–Crippen LogP) is 3.27. The minimum Gasteiger partial charge on any atom is -0.496 e. The maximum atomic E-state index is 11.7. The van der Waals surface area contributed by atoms with Crippen molar-refractivity contribution in [1.82, 2.24) is 0 Å². The summed E-state index contributed by atoms with van der Waals surface area (Å²) in [5, 5.41) is 2.24. The van der Waals surface area contributed by atoms with Crippen LogP contribution < -0.4 is 4.74 Å². The summed E-state index contributed by atoms with van der Waals surface area (Å²) in [4.78, 5) is 11.7. The van der Waals surface area contributed by atoms with Crippen molar-refractivity contribution < 1.29 is 14.3 Å². The van der Waals surface area contributed by atoms with Gasteiger partial charge in [0.1, 0.15) is 11.5 Å². The lowest BCUT2D eigenvalue weighted by Crippen LogP contribution is -2.20. The van der Waals surface area contributed by atoms with Crippen molar-refractivity contribution in [2.24, 2.45) is 0 Å². The first-order valence-electron chi connectivity index (χ1n) is 6.48. The molecule has 0 radical (unpaired) electrons. The van der Waals surface area contributed by atoms with Crippen molar-refractivity contribution in [3.8, 4) is 5.75 Å². The zero-order valence-electron chi connectivity index (χ0n) is 10.9. The van der Waals surface area contributed by atoms with Crippen molar-refractivity contribution in [2.75, 3.05) is 13.7 Å². The number of hydrogen-bond acceptors (Lipinski definition) is 3. The van der Waals surface area contributed by atoms with Gasteiger partial charge in [0, 0.05) is 18.4 Å². The first-order chi connectivity index (χ1) is 9.29. The predicted molar refractivity (Wildman–Crippen MR) is 73.4 cm³/mol. The summed E-state index contributed by atoms with van der Waals surface area (Å²) in [6.45, 7) is 0.496. The monoisotopic (exact) mass is 256 g/mol. The van der Waals surface area contributed by atoms with E-state index in [9.17, 15) is 4.79 Å². The third kappa shape index (κ3) is 2.22. The Kier molecular flexibility index (Phi) is 3.22. The van der Waals surface area contributed by atoms with Gasteiger partial charge in [-0.2, -0.15) is 0 Å². The Bertz CT molecular complexity index is 618. The maximum absolute atomic E-state index is 11.7. The van der Waals surface area contributed by atoms with Crippen LogP contribution >= 0.6 is 0 Å². The molecule has 0 aliphatic carbocycles. The molecule has 98 valence electrons. The average molecular weight is 256 g/mol. The molecule has 0 N–H and O–H groups in total. The van der Waals surface area contributed by atoms with Gasteiger partial charge in [0.25, 0.3) is 0 Å². The summed E-state index contributed by atoms with van der Waals surface area (Å²) in [6.07, 6.45) is 0.760. The van der Waals surface area contributed by atoms with Gasteiger partial charge in [-0.15, -0.1) is 0 Å². The lowest BCUT2D eigenvalue weighted by molar-refractivity contribution is -0.128. The molecule has 0 amide bonds. The normalized spacial score (nSPS) is 19.6. The Morgan fingerprint density at radius 1 is 1.21 bits per heavy atom. The summed E-state index contributed by atoms with van der Waals surface area (Å²) < 4.78 is 11.2. The Labute approximate surface area is 112 Å². The second-order valence-electron chi connectivity index (χ2n) is 4.75. The summed E-state index contributed by atoms with van der Waals surface area (Å²) in [5.41, 5.74) is 0.994. The van der Waals surface area contributed by atoms with E-state index in [0.717, 1.165) is 22.1 Å². The number of rotatable bonds is 2. The van der Waals surface area contributed by atoms with E-state index in [4.69, 9.17) is 9.47 Å². The van der Waals surface area contributed by atoms with Crippen LogP contribution in [0.5, 0.6) is 5.75 Å². The van der Waals surface area contributed by atoms with E-state index in [1.165, 1.54) is 0 Å². The molecule has 19 heavy (non-hydrogen) atoms. The molecule has 1 aliphatic rings. The third-order valence-corrected chi connectivity index (χ3v) is 3.59. The van der Waals surface area contributed by atoms with Crippen LogP contribution in [0.3, 0.4) is 0 Å². The van der Waals surface area contributed by atoms with Crippen LogP contribution in [0, 0.1) is 0 Å². The Morgan fingerprint density at radius 2 is 2.05 bits per heavy atom. The molecule has 3 rings (SSSR count). The molecule has 3 nitrogen and oxygen atoms in total. The number of carbonyl (C=O) groups is 1. The molecule has 0 saturated carbocycles. The van der Waals surface area contributed by atoms with Crippen molar-refractivity contribution in [3.05, 3.63) is 42.0 Å². The van der Waals surface area contributed by atoms with Crippen molar-refractivity contribution in [1.29, 1.82) is 0 Å². The van der Waals surface area contributed by atoms with Crippen molar-refractivity contribution >= 4 is 16.6 Å². The molecule has 1 unspecified atom stereocenters. The molecule has 1 fully saturated rings. The highest BCUT2D eigenvalue weighted by Gasteiger charge is 2.26. The van der Waals surface area contributed by atoms with Gasteiger partial charge in [0.05, 0.1) is 19.8 Å². The molecule has 2 aromatic rings. The summed E-state index contributed by atoms with van der Waals surface area (Å²) in [6, 6.07) is 12.1. The van der Waals surface area contributed by atoms with Crippen molar-refractivity contribution in [3.63, 3.8) is 0 Å². The quantitative estimate of drug-likeness (QED) is 0.827. The number of carbonyl (C=O) groups excluding carboxylic acids is 1. The van der Waals surface area contributed by atoms with Gasteiger partial charge in [-0.1, -0.05) is 30.3 Å². The number of ether oxygens (including phenoxy) is 2. The minimum absolute atomic E-state index is 0.192. The molecule has 0 spiro atoms. The van der Waals surface area contributed by atoms with Gasteiger partial charge in [-0.25, -0.2) is 0 Å². The van der Waals surface area contributed by atoms with E-state index in [1.807, 2.05) is 24.3 Å². The highest BCUT2D eigenvalue weighted by molar-refractivity contribution is 5.89. The zero-order chi connectivity index (χ0) is 13.2. The van der Waals surface area contributed by atoms with Crippen molar-refractivity contribution in [2.45, 2.75) is 18.9 Å². The van der Waals surface area contributed by atoms with Crippen LogP contribution in [-0.4, -0.2) is 19.5 Å². The van der Waals surface area contributed by atoms with Crippen LogP contribution in [0.15, 0.2) is 36.4 Å². The van der Waals surface area contributed by atoms with Crippen LogP contribution in [0.4, 0.5) is 0 Å². The van der Waals surface area contributed by atoms with E-state index < -0.39 is 0 Å².